The van der Waals surface area contributed by atoms with Crippen LogP contribution in [0.5, 0.6) is 11.5 Å². The molecule has 0 aliphatic heterocycles. The van der Waals surface area contributed by atoms with Crippen molar-refractivity contribution in [3.63, 3.8) is 0 Å². The molecule has 0 aliphatic carbocycles. The Morgan fingerprint density at radius 1 is 1.17 bits per heavy atom. The van der Waals surface area contributed by atoms with Crippen molar-refractivity contribution >= 4 is 29.7 Å². The van der Waals surface area contributed by atoms with Gasteiger partial charge >= 0.3 is 0 Å². The smallest absolute Gasteiger partial charge is 0.256 e. The van der Waals surface area contributed by atoms with Crippen LogP contribution in [0.1, 0.15) is 29.8 Å². The largest absolute Gasteiger partial charge is 0.497 e. The number of benzene rings is 2. The van der Waals surface area contributed by atoms with E-state index in [-0.39, 0.29) is 24.4 Å². The number of rotatable bonds is 5. The summed E-state index contributed by atoms with van der Waals surface area (Å²) in [7, 11) is 1.58. The average Bonchev–Trinajstić information content (AvgIpc) is 2.50. The molecule has 0 heterocycles. The maximum absolute atomic E-state index is 12.6. The summed E-state index contributed by atoms with van der Waals surface area (Å²) in [4.78, 5) is 12.6. The number of anilines is 2. The van der Waals surface area contributed by atoms with Crippen LogP contribution in [-0.2, 0) is 0 Å². The highest BCUT2D eigenvalue weighted by atomic mass is 35.5. The van der Waals surface area contributed by atoms with Gasteiger partial charge in [0, 0.05) is 17.3 Å². The molecule has 5 nitrogen and oxygen atoms in total. The summed E-state index contributed by atoms with van der Waals surface area (Å²) in [6.07, 6.45) is -0.00634. The molecule has 130 valence electrons. The maximum Gasteiger partial charge on any atom is 0.256 e. The molecule has 0 bridgehead atoms. The molecule has 0 spiro atoms. The minimum absolute atomic E-state index is 0. The molecule has 3 N–H and O–H groups in total. The second-order valence-electron chi connectivity index (χ2n) is 5.56. The molecule has 0 saturated heterocycles. The van der Waals surface area contributed by atoms with Gasteiger partial charge in [0.05, 0.1) is 18.9 Å². The zero-order valence-electron chi connectivity index (χ0n) is 14.3. The monoisotopic (exact) mass is 350 g/mol. The Morgan fingerprint density at radius 2 is 1.88 bits per heavy atom. The first kappa shape index (κ1) is 19.6. The maximum atomic E-state index is 12.6. The third kappa shape index (κ3) is 4.80. The van der Waals surface area contributed by atoms with E-state index in [1.165, 1.54) is 0 Å². The zero-order chi connectivity index (χ0) is 17.0. The van der Waals surface area contributed by atoms with Crippen LogP contribution in [0.2, 0.25) is 0 Å². The fraction of sp³-hybridized carbons (Fsp3) is 0.278. The predicted molar refractivity (Wildman–Crippen MR) is 99.6 cm³/mol. The molecule has 0 atom stereocenters. The lowest BCUT2D eigenvalue weighted by molar-refractivity contribution is 0.102. The number of nitrogens with one attached hydrogen (secondary N) is 1. The average molecular weight is 351 g/mol. The van der Waals surface area contributed by atoms with Gasteiger partial charge in [0.1, 0.15) is 11.5 Å². The molecular formula is C18H23ClN2O3. The van der Waals surface area contributed by atoms with Crippen molar-refractivity contribution in [3.8, 4) is 11.5 Å². The minimum Gasteiger partial charge on any atom is -0.497 e. The molecule has 0 fully saturated rings. The molecule has 24 heavy (non-hydrogen) atoms. The van der Waals surface area contributed by atoms with Gasteiger partial charge in [-0.25, -0.2) is 0 Å². The number of amides is 1. The third-order valence-corrected chi connectivity index (χ3v) is 3.30. The number of hydrogen-bond donors (Lipinski definition) is 2. The molecule has 2 aromatic rings. The van der Waals surface area contributed by atoms with Gasteiger partial charge in [-0.2, -0.15) is 0 Å². The molecular weight excluding hydrogens is 328 g/mol. The summed E-state index contributed by atoms with van der Waals surface area (Å²) in [5, 5.41) is 2.88. The summed E-state index contributed by atoms with van der Waals surface area (Å²) in [6, 6.07) is 10.6. The SMILES string of the molecule is COc1ccc(OC(C)C)c(NC(=O)c2cc(N)ccc2C)c1.Cl. The summed E-state index contributed by atoms with van der Waals surface area (Å²) >= 11 is 0. The highest BCUT2D eigenvalue weighted by molar-refractivity contribution is 6.06. The van der Waals surface area contributed by atoms with E-state index in [2.05, 4.69) is 5.32 Å². The van der Waals surface area contributed by atoms with Crippen molar-refractivity contribution in [3.05, 3.63) is 47.5 Å². The van der Waals surface area contributed by atoms with Gasteiger partial charge in [0.15, 0.2) is 0 Å². The van der Waals surface area contributed by atoms with Crippen LogP contribution < -0.4 is 20.5 Å². The topological polar surface area (TPSA) is 73.6 Å². The number of aryl methyl sites for hydroxylation is 1. The van der Waals surface area contributed by atoms with Crippen LogP contribution in [-0.4, -0.2) is 19.1 Å². The van der Waals surface area contributed by atoms with Crippen molar-refractivity contribution in [2.75, 3.05) is 18.2 Å². The van der Waals surface area contributed by atoms with E-state index in [0.717, 1.165) is 5.56 Å². The molecule has 2 aromatic carbocycles. The van der Waals surface area contributed by atoms with Crippen LogP contribution in [0, 0.1) is 6.92 Å². The lowest BCUT2D eigenvalue weighted by Gasteiger charge is -2.16. The van der Waals surface area contributed by atoms with Gasteiger partial charge in [0.25, 0.3) is 5.91 Å². The van der Waals surface area contributed by atoms with Gasteiger partial charge in [-0.3, -0.25) is 4.79 Å². The number of nitrogen functional groups attached to an aromatic ring is 1. The molecule has 0 unspecified atom stereocenters. The van der Waals surface area contributed by atoms with Gasteiger partial charge < -0.3 is 20.5 Å². The number of ether oxygens (including phenoxy) is 2. The second-order valence-corrected chi connectivity index (χ2v) is 5.56. The Balaban J connectivity index is 0.00000288. The fourth-order valence-corrected chi connectivity index (χ4v) is 2.16. The van der Waals surface area contributed by atoms with E-state index in [0.29, 0.717) is 28.4 Å². The first-order valence-electron chi connectivity index (χ1n) is 7.43. The fourth-order valence-electron chi connectivity index (χ4n) is 2.16. The van der Waals surface area contributed by atoms with Gasteiger partial charge in [-0.15, -0.1) is 12.4 Å². The standard InChI is InChI=1S/C18H22N2O3.ClH/c1-11(2)23-17-8-7-14(22-4)10-16(17)20-18(21)15-9-13(19)6-5-12(15)3;/h5-11H,19H2,1-4H3,(H,20,21);1H. The van der Waals surface area contributed by atoms with E-state index in [9.17, 15) is 4.79 Å². The van der Waals surface area contributed by atoms with Gasteiger partial charge in [-0.1, -0.05) is 6.07 Å². The number of carbonyl (C=O) groups is 1. The quantitative estimate of drug-likeness (QED) is 0.798. The molecule has 0 radical (unpaired) electrons. The molecule has 0 aromatic heterocycles. The van der Waals surface area contributed by atoms with E-state index < -0.39 is 0 Å². The van der Waals surface area contributed by atoms with E-state index in [4.69, 9.17) is 15.2 Å². The van der Waals surface area contributed by atoms with Gasteiger partial charge in [-0.05, 0) is 50.6 Å². The summed E-state index contributed by atoms with van der Waals surface area (Å²) in [5.74, 6) is 0.994. The zero-order valence-corrected chi connectivity index (χ0v) is 15.1. The van der Waals surface area contributed by atoms with Crippen LogP contribution in [0.25, 0.3) is 0 Å². The summed E-state index contributed by atoms with van der Waals surface area (Å²) in [5.41, 5.74) is 8.27. The van der Waals surface area contributed by atoms with E-state index >= 15 is 0 Å². The molecule has 6 heteroatoms. The lowest BCUT2D eigenvalue weighted by Crippen LogP contribution is -2.16. The first-order chi connectivity index (χ1) is 10.9. The Morgan fingerprint density at radius 3 is 2.50 bits per heavy atom. The Bertz CT molecular complexity index is 717. The van der Waals surface area contributed by atoms with E-state index in [1.807, 2.05) is 26.8 Å². The lowest BCUT2D eigenvalue weighted by atomic mass is 10.1. The van der Waals surface area contributed by atoms with Crippen molar-refractivity contribution in [1.29, 1.82) is 0 Å². The van der Waals surface area contributed by atoms with Crippen molar-refractivity contribution in [1.82, 2.24) is 0 Å². The van der Waals surface area contributed by atoms with Crippen molar-refractivity contribution < 1.29 is 14.3 Å². The Labute approximate surface area is 148 Å². The molecule has 1 amide bonds. The van der Waals surface area contributed by atoms with Gasteiger partial charge in [0.2, 0.25) is 0 Å². The van der Waals surface area contributed by atoms with Crippen LogP contribution >= 0.6 is 12.4 Å². The predicted octanol–water partition coefficient (Wildman–Crippen LogP) is 4.05. The molecule has 0 saturated carbocycles. The number of methoxy groups -OCH3 is 1. The van der Waals surface area contributed by atoms with Crippen LogP contribution in [0.15, 0.2) is 36.4 Å². The number of halogens is 1. The Kier molecular flexibility index (Phi) is 6.92. The van der Waals surface area contributed by atoms with Crippen molar-refractivity contribution in [2.45, 2.75) is 26.9 Å². The summed E-state index contributed by atoms with van der Waals surface area (Å²) < 4.78 is 11.0. The highest BCUT2D eigenvalue weighted by Gasteiger charge is 2.14. The van der Waals surface area contributed by atoms with E-state index in [1.54, 1.807) is 37.4 Å². The first-order valence-corrected chi connectivity index (χ1v) is 7.43. The summed E-state index contributed by atoms with van der Waals surface area (Å²) in [6.45, 7) is 5.72. The number of nitrogens with two attached hydrogens (primary N) is 1. The molecule has 2 rings (SSSR count). The third-order valence-electron chi connectivity index (χ3n) is 3.30. The highest BCUT2D eigenvalue weighted by Crippen LogP contribution is 2.30. The van der Waals surface area contributed by atoms with Crippen LogP contribution in [0.3, 0.4) is 0 Å². The van der Waals surface area contributed by atoms with Crippen LogP contribution in [0.4, 0.5) is 11.4 Å². The number of hydrogen-bond acceptors (Lipinski definition) is 4. The normalized spacial score (nSPS) is 10.0. The van der Waals surface area contributed by atoms with Crippen molar-refractivity contribution in [2.24, 2.45) is 0 Å². The Hall–Kier alpha value is -2.40. The minimum atomic E-state index is -0.239. The second kappa shape index (κ2) is 8.45. The molecule has 0 aliphatic rings. The number of carbonyl (C=O) groups excluding carboxylic acids is 1.